The number of fused-ring (bicyclic) bond motifs is 1. The highest BCUT2D eigenvalue weighted by atomic mass is 32.1. The Labute approximate surface area is 148 Å². The van der Waals surface area contributed by atoms with Crippen LogP contribution in [0.1, 0.15) is 29.7 Å². The third kappa shape index (κ3) is 3.62. The van der Waals surface area contributed by atoms with Crippen molar-refractivity contribution in [2.75, 3.05) is 18.5 Å². The van der Waals surface area contributed by atoms with E-state index in [2.05, 4.69) is 37.5 Å². The lowest BCUT2D eigenvalue weighted by atomic mass is 10.1. The fraction of sp³-hybridized carbons (Fsp3) is 0.316. The molecule has 0 bridgehead atoms. The van der Waals surface area contributed by atoms with Gasteiger partial charge in [-0.1, -0.05) is 18.2 Å². The molecule has 2 N–H and O–H groups in total. The van der Waals surface area contributed by atoms with Crippen molar-refractivity contribution in [1.29, 1.82) is 0 Å². The van der Waals surface area contributed by atoms with Gasteiger partial charge in [0, 0.05) is 5.69 Å². The third-order valence-corrected chi connectivity index (χ3v) is 4.49. The van der Waals surface area contributed by atoms with Gasteiger partial charge < -0.3 is 20.1 Å². The average molecular weight is 342 g/mol. The lowest BCUT2D eigenvalue weighted by Gasteiger charge is -2.22. The topological polar surface area (TPSA) is 42.5 Å². The SMILES string of the molecule is Cc1cccc(NC(=S)N[C@@H](C)c2ccc3c(c2)OCCO3)c1C. The molecule has 0 saturated heterocycles. The highest BCUT2D eigenvalue weighted by Crippen LogP contribution is 2.32. The first-order valence-corrected chi connectivity index (χ1v) is 8.48. The molecule has 0 amide bonds. The van der Waals surface area contributed by atoms with E-state index in [0.717, 1.165) is 22.7 Å². The fourth-order valence-electron chi connectivity index (χ4n) is 2.65. The average Bonchev–Trinajstić information content (AvgIpc) is 2.58. The number of ether oxygens (including phenoxy) is 2. The third-order valence-electron chi connectivity index (χ3n) is 4.27. The Hall–Kier alpha value is -2.27. The Morgan fingerprint density at radius 1 is 1.08 bits per heavy atom. The van der Waals surface area contributed by atoms with Crippen LogP contribution in [-0.2, 0) is 0 Å². The molecule has 1 aliphatic rings. The number of aryl methyl sites for hydroxylation is 1. The van der Waals surface area contributed by atoms with Crippen molar-refractivity contribution in [2.45, 2.75) is 26.8 Å². The standard InChI is InChI=1S/C19H22N2O2S/c1-12-5-4-6-16(13(12)2)21-19(24)20-14(3)15-7-8-17-18(11-15)23-10-9-22-17/h4-8,11,14H,9-10H2,1-3H3,(H2,20,21,24)/t14-/m0/s1. The molecule has 24 heavy (non-hydrogen) atoms. The Morgan fingerprint density at radius 3 is 2.62 bits per heavy atom. The zero-order valence-corrected chi connectivity index (χ0v) is 15.0. The Balaban J connectivity index is 1.67. The molecular formula is C19H22N2O2S. The first-order chi connectivity index (χ1) is 11.5. The summed E-state index contributed by atoms with van der Waals surface area (Å²) in [5.74, 6) is 1.59. The quantitative estimate of drug-likeness (QED) is 0.821. The summed E-state index contributed by atoms with van der Waals surface area (Å²) in [7, 11) is 0. The van der Waals surface area contributed by atoms with Gasteiger partial charge in [0.2, 0.25) is 0 Å². The molecule has 1 aliphatic heterocycles. The van der Waals surface area contributed by atoms with Gasteiger partial charge in [0.1, 0.15) is 13.2 Å². The minimum absolute atomic E-state index is 0.0611. The molecule has 1 heterocycles. The van der Waals surface area contributed by atoms with Crippen molar-refractivity contribution >= 4 is 23.0 Å². The maximum Gasteiger partial charge on any atom is 0.171 e. The van der Waals surface area contributed by atoms with Gasteiger partial charge in [-0.25, -0.2) is 0 Å². The number of hydrogen-bond donors (Lipinski definition) is 2. The highest BCUT2D eigenvalue weighted by Gasteiger charge is 2.15. The summed E-state index contributed by atoms with van der Waals surface area (Å²) in [5, 5.41) is 7.20. The molecule has 0 spiro atoms. The van der Waals surface area contributed by atoms with Crippen LogP contribution in [0.4, 0.5) is 5.69 Å². The van der Waals surface area contributed by atoms with E-state index in [4.69, 9.17) is 21.7 Å². The Morgan fingerprint density at radius 2 is 1.83 bits per heavy atom. The zero-order valence-electron chi connectivity index (χ0n) is 14.2. The van der Waals surface area contributed by atoms with Crippen LogP contribution in [-0.4, -0.2) is 18.3 Å². The monoisotopic (exact) mass is 342 g/mol. The van der Waals surface area contributed by atoms with Gasteiger partial charge in [-0.05, 0) is 67.9 Å². The van der Waals surface area contributed by atoms with Gasteiger partial charge in [0.15, 0.2) is 16.6 Å². The first-order valence-electron chi connectivity index (χ1n) is 8.08. The van der Waals surface area contributed by atoms with Crippen LogP contribution >= 0.6 is 12.2 Å². The molecule has 126 valence electrons. The lowest BCUT2D eigenvalue weighted by Crippen LogP contribution is -2.31. The van der Waals surface area contributed by atoms with Crippen LogP contribution < -0.4 is 20.1 Å². The largest absolute Gasteiger partial charge is 0.486 e. The molecular weight excluding hydrogens is 320 g/mol. The van der Waals surface area contributed by atoms with E-state index >= 15 is 0 Å². The second kappa shape index (κ2) is 7.09. The van der Waals surface area contributed by atoms with E-state index in [1.807, 2.05) is 30.3 Å². The second-order valence-corrected chi connectivity index (χ2v) is 6.38. The van der Waals surface area contributed by atoms with Crippen LogP contribution in [0.2, 0.25) is 0 Å². The van der Waals surface area contributed by atoms with Crippen molar-refractivity contribution in [1.82, 2.24) is 5.32 Å². The van der Waals surface area contributed by atoms with E-state index in [-0.39, 0.29) is 6.04 Å². The van der Waals surface area contributed by atoms with Gasteiger partial charge in [0.05, 0.1) is 6.04 Å². The van der Waals surface area contributed by atoms with Crippen LogP contribution in [0.25, 0.3) is 0 Å². The number of anilines is 1. The van der Waals surface area contributed by atoms with Crippen molar-refractivity contribution in [3.63, 3.8) is 0 Å². The lowest BCUT2D eigenvalue weighted by molar-refractivity contribution is 0.171. The van der Waals surface area contributed by atoms with Crippen molar-refractivity contribution in [3.8, 4) is 11.5 Å². The normalized spacial score (nSPS) is 14.0. The summed E-state index contributed by atoms with van der Waals surface area (Å²) in [6.07, 6.45) is 0. The summed E-state index contributed by atoms with van der Waals surface area (Å²) in [4.78, 5) is 0. The molecule has 1 atom stereocenters. The van der Waals surface area contributed by atoms with Gasteiger partial charge in [0.25, 0.3) is 0 Å². The Bertz CT molecular complexity index is 761. The van der Waals surface area contributed by atoms with E-state index in [1.165, 1.54) is 11.1 Å². The maximum atomic E-state index is 5.64. The molecule has 4 nitrogen and oxygen atoms in total. The number of nitrogens with one attached hydrogen (secondary N) is 2. The number of benzene rings is 2. The smallest absolute Gasteiger partial charge is 0.171 e. The van der Waals surface area contributed by atoms with Crippen LogP contribution in [0.3, 0.4) is 0 Å². The zero-order chi connectivity index (χ0) is 17.1. The van der Waals surface area contributed by atoms with E-state index < -0.39 is 0 Å². The number of hydrogen-bond acceptors (Lipinski definition) is 3. The van der Waals surface area contributed by atoms with Gasteiger partial charge in [-0.2, -0.15) is 0 Å². The number of rotatable bonds is 3. The van der Waals surface area contributed by atoms with Crippen molar-refractivity contribution in [2.24, 2.45) is 0 Å². The highest BCUT2D eigenvalue weighted by molar-refractivity contribution is 7.80. The predicted molar refractivity (Wildman–Crippen MR) is 101 cm³/mol. The van der Waals surface area contributed by atoms with Gasteiger partial charge in [-0.3, -0.25) is 0 Å². The molecule has 0 radical (unpaired) electrons. The summed E-state index contributed by atoms with van der Waals surface area (Å²) in [5.41, 5.74) is 4.57. The Kier molecular flexibility index (Phi) is 4.90. The maximum absolute atomic E-state index is 5.64. The van der Waals surface area contributed by atoms with Gasteiger partial charge in [-0.15, -0.1) is 0 Å². The molecule has 2 aromatic rings. The fourth-order valence-corrected chi connectivity index (χ4v) is 2.94. The summed E-state index contributed by atoms with van der Waals surface area (Å²) in [6, 6.07) is 12.2. The molecule has 0 fully saturated rings. The minimum atomic E-state index is 0.0611. The molecule has 2 aromatic carbocycles. The second-order valence-electron chi connectivity index (χ2n) is 5.97. The molecule has 3 rings (SSSR count). The predicted octanol–water partition coefficient (Wildman–Crippen LogP) is 4.12. The van der Waals surface area contributed by atoms with Crippen molar-refractivity contribution < 1.29 is 9.47 Å². The van der Waals surface area contributed by atoms with E-state index in [1.54, 1.807) is 0 Å². The number of thiocarbonyl (C=S) groups is 1. The summed E-state index contributed by atoms with van der Waals surface area (Å²) >= 11 is 5.46. The molecule has 5 heteroatoms. The van der Waals surface area contributed by atoms with E-state index in [0.29, 0.717) is 18.3 Å². The summed E-state index contributed by atoms with van der Waals surface area (Å²) < 4.78 is 11.2. The van der Waals surface area contributed by atoms with Crippen LogP contribution in [0.5, 0.6) is 11.5 Å². The van der Waals surface area contributed by atoms with E-state index in [9.17, 15) is 0 Å². The molecule has 0 saturated carbocycles. The first kappa shape index (κ1) is 16.6. The molecule has 0 aliphatic carbocycles. The van der Waals surface area contributed by atoms with Crippen LogP contribution in [0.15, 0.2) is 36.4 Å². The molecule has 0 aromatic heterocycles. The summed E-state index contributed by atoms with van der Waals surface area (Å²) in [6.45, 7) is 7.44. The van der Waals surface area contributed by atoms with Crippen LogP contribution in [0, 0.1) is 13.8 Å². The van der Waals surface area contributed by atoms with Gasteiger partial charge >= 0.3 is 0 Å². The molecule has 0 unspecified atom stereocenters. The minimum Gasteiger partial charge on any atom is -0.486 e. The van der Waals surface area contributed by atoms with Crippen molar-refractivity contribution in [3.05, 3.63) is 53.1 Å².